The maximum atomic E-state index is 2.70. The molecule has 1 heteroatoms. The van der Waals surface area contributed by atoms with Gasteiger partial charge in [0.05, 0.1) is 0 Å². The van der Waals surface area contributed by atoms with E-state index in [0.717, 1.165) is 29.6 Å². The first-order chi connectivity index (χ1) is 8.58. The van der Waals surface area contributed by atoms with Crippen LogP contribution in [-0.4, -0.2) is 24.0 Å². The molecule has 0 aromatic rings. The Bertz CT molecular complexity index is 279. The third kappa shape index (κ3) is 3.74. The zero-order chi connectivity index (χ0) is 15.0. The molecule has 0 aliphatic carbocycles. The lowest BCUT2D eigenvalue weighted by Crippen LogP contribution is -2.51. The number of hydrogen-bond donors (Lipinski definition) is 0. The van der Waals surface area contributed by atoms with Crippen molar-refractivity contribution in [2.75, 3.05) is 13.1 Å². The second-order valence-corrected chi connectivity index (χ2v) is 8.46. The van der Waals surface area contributed by atoms with E-state index in [9.17, 15) is 0 Å². The van der Waals surface area contributed by atoms with Crippen molar-refractivity contribution < 1.29 is 0 Å². The van der Waals surface area contributed by atoms with Gasteiger partial charge in [-0.2, -0.15) is 0 Å². The molecule has 1 heterocycles. The summed E-state index contributed by atoms with van der Waals surface area (Å²) in [6, 6.07) is 0.664. The van der Waals surface area contributed by atoms with Gasteiger partial charge in [-0.05, 0) is 48.9 Å². The van der Waals surface area contributed by atoms with E-state index in [4.69, 9.17) is 0 Å². The summed E-state index contributed by atoms with van der Waals surface area (Å²) >= 11 is 0. The van der Waals surface area contributed by atoms with Crippen LogP contribution in [-0.2, 0) is 0 Å². The molecule has 0 aromatic heterocycles. The molecule has 4 atom stereocenters. The van der Waals surface area contributed by atoms with Crippen LogP contribution in [0.25, 0.3) is 0 Å². The summed E-state index contributed by atoms with van der Waals surface area (Å²) in [5.74, 6) is 4.03. The molecular formula is C18H37N. The minimum atomic E-state index is 0.410. The Morgan fingerprint density at radius 2 is 1.53 bits per heavy atom. The highest BCUT2D eigenvalue weighted by Crippen LogP contribution is 2.44. The van der Waals surface area contributed by atoms with Gasteiger partial charge in [0.2, 0.25) is 0 Å². The fourth-order valence-electron chi connectivity index (χ4n) is 4.20. The maximum absolute atomic E-state index is 2.70. The van der Waals surface area contributed by atoms with Crippen LogP contribution in [0.5, 0.6) is 0 Å². The molecule has 0 spiro atoms. The van der Waals surface area contributed by atoms with E-state index in [2.05, 4.69) is 67.2 Å². The van der Waals surface area contributed by atoms with Gasteiger partial charge in [0.25, 0.3) is 0 Å². The molecule has 19 heavy (non-hydrogen) atoms. The normalized spacial score (nSPS) is 37.4. The second kappa shape index (κ2) is 6.16. The van der Waals surface area contributed by atoms with Crippen LogP contribution < -0.4 is 0 Å². The lowest BCUT2D eigenvalue weighted by atomic mass is 9.61. The van der Waals surface area contributed by atoms with Gasteiger partial charge in [0, 0.05) is 19.1 Å². The molecule has 1 fully saturated rings. The Hall–Kier alpha value is -0.0400. The van der Waals surface area contributed by atoms with Gasteiger partial charge >= 0.3 is 0 Å². The minimum absolute atomic E-state index is 0.410. The van der Waals surface area contributed by atoms with Crippen molar-refractivity contribution in [3.05, 3.63) is 0 Å². The highest BCUT2D eigenvalue weighted by atomic mass is 15.2. The van der Waals surface area contributed by atoms with Crippen molar-refractivity contribution in [3.63, 3.8) is 0 Å². The van der Waals surface area contributed by atoms with E-state index >= 15 is 0 Å². The average Bonchev–Trinajstić information content (AvgIpc) is 2.25. The van der Waals surface area contributed by atoms with E-state index in [0.29, 0.717) is 11.5 Å². The fraction of sp³-hybridized carbons (Fsp3) is 1.00. The first kappa shape index (κ1) is 17.0. The summed E-state index contributed by atoms with van der Waals surface area (Å²) in [7, 11) is 0. The number of nitrogens with zero attached hydrogens (tertiary/aromatic N) is 1. The zero-order valence-electron chi connectivity index (χ0n) is 14.8. The largest absolute Gasteiger partial charge is 0.300 e. The van der Waals surface area contributed by atoms with Crippen LogP contribution in [0.15, 0.2) is 0 Å². The molecule has 1 saturated heterocycles. The van der Waals surface area contributed by atoms with E-state index < -0.39 is 0 Å². The Morgan fingerprint density at radius 1 is 1.00 bits per heavy atom. The Labute approximate surface area is 122 Å². The fourth-order valence-corrected chi connectivity index (χ4v) is 4.20. The Balaban J connectivity index is 3.07. The summed E-state index contributed by atoms with van der Waals surface area (Å²) in [5, 5.41) is 0. The summed E-state index contributed by atoms with van der Waals surface area (Å²) in [4.78, 5) is 2.70. The predicted octanol–water partition coefficient (Wildman–Crippen LogP) is 4.92. The summed E-state index contributed by atoms with van der Waals surface area (Å²) in [6.45, 7) is 24.4. The van der Waals surface area contributed by atoms with Gasteiger partial charge in [-0.1, -0.05) is 48.5 Å². The predicted molar refractivity (Wildman–Crippen MR) is 86.3 cm³/mol. The van der Waals surface area contributed by atoms with Crippen LogP contribution >= 0.6 is 0 Å². The van der Waals surface area contributed by atoms with Crippen LogP contribution in [0.4, 0.5) is 0 Å². The Kier molecular flexibility index (Phi) is 5.52. The van der Waals surface area contributed by atoms with Gasteiger partial charge < -0.3 is 4.90 Å². The van der Waals surface area contributed by atoms with Crippen molar-refractivity contribution >= 4 is 0 Å². The lowest BCUT2D eigenvalue weighted by molar-refractivity contribution is -0.0146. The second-order valence-electron chi connectivity index (χ2n) is 8.46. The van der Waals surface area contributed by atoms with E-state index in [1.165, 1.54) is 13.1 Å². The molecule has 114 valence electrons. The van der Waals surface area contributed by atoms with Gasteiger partial charge in [-0.15, -0.1) is 0 Å². The summed E-state index contributed by atoms with van der Waals surface area (Å²) < 4.78 is 0. The van der Waals surface area contributed by atoms with Crippen molar-refractivity contribution in [1.82, 2.24) is 4.90 Å². The third-order valence-electron chi connectivity index (χ3n) is 5.95. The smallest absolute Gasteiger partial charge is 0.00389 e. The maximum Gasteiger partial charge on any atom is 0.00389 e. The van der Waals surface area contributed by atoms with E-state index in [1.807, 2.05) is 0 Å². The molecule has 4 unspecified atom stereocenters. The van der Waals surface area contributed by atoms with Gasteiger partial charge in [0.1, 0.15) is 0 Å². The van der Waals surface area contributed by atoms with Crippen LogP contribution in [0, 0.1) is 35.0 Å². The monoisotopic (exact) mass is 267 g/mol. The average molecular weight is 268 g/mol. The van der Waals surface area contributed by atoms with Crippen LogP contribution in [0.2, 0.25) is 0 Å². The molecular weight excluding hydrogens is 230 g/mol. The first-order valence-corrected chi connectivity index (χ1v) is 8.32. The molecule has 1 aliphatic heterocycles. The van der Waals surface area contributed by atoms with Crippen LogP contribution in [0.3, 0.4) is 0 Å². The molecule has 1 rings (SSSR count). The molecule has 0 radical (unpaired) electrons. The number of hydrogen-bond acceptors (Lipinski definition) is 1. The van der Waals surface area contributed by atoms with Gasteiger partial charge in [-0.3, -0.25) is 0 Å². The van der Waals surface area contributed by atoms with E-state index in [1.54, 1.807) is 0 Å². The highest BCUT2D eigenvalue weighted by molar-refractivity contribution is 4.92. The topological polar surface area (TPSA) is 3.24 Å². The summed E-state index contributed by atoms with van der Waals surface area (Å²) in [6.07, 6.45) is 0. The SMILES string of the molecule is CC(C)C1C(C)C(C)CN(C(C)C)CC(C)(C)C1C. The highest BCUT2D eigenvalue weighted by Gasteiger charge is 2.41. The lowest BCUT2D eigenvalue weighted by Gasteiger charge is -2.50. The van der Waals surface area contributed by atoms with E-state index in [-0.39, 0.29) is 0 Å². The molecule has 0 N–H and O–H groups in total. The number of rotatable bonds is 2. The van der Waals surface area contributed by atoms with Crippen LogP contribution in [0.1, 0.15) is 62.3 Å². The van der Waals surface area contributed by atoms with Crippen molar-refractivity contribution in [2.24, 2.45) is 35.0 Å². The zero-order valence-corrected chi connectivity index (χ0v) is 14.8. The van der Waals surface area contributed by atoms with Crippen molar-refractivity contribution in [2.45, 2.75) is 68.4 Å². The summed E-state index contributed by atoms with van der Waals surface area (Å²) in [5.41, 5.74) is 0.410. The molecule has 1 aliphatic rings. The van der Waals surface area contributed by atoms with Crippen molar-refractivity contribution in [1.29, 1.82) is 0 Å². The first-order valence-electron chi connectivity index (χ1n) is 8.32. The minimum Gasteiger partial charge on any atom is -0.300 e. The van der Waals surface area contributed by atoms with Gasteiger partial charge in [0.15, 0.2) is 0 Å². The third-order valence-corrected chi connectivity index (χ3v) is 5.95. The van der Waals surface area contributed by atoms with Crippen molar-refractivity contribution in [3.8, 4) is 0 Å². The molecule has 0 aromatic carbocycles. The molecule has 0 bridgehead atoms. The standard InChI is InChI=1S/C18H37N/c1-12(2)17-15(6)14(5)10-19(13(3)4)11-18(8,9)16(17)7/h12-17H,10-11H2,1-9H3. The quantitative estimate of drug-likeness (QED) is 0.686. The number of likely N-dealkylation sites (tertiary alicyclic amines) is 1. The Morgan fingerprint density at radius 3 is 1.95 bits per heavy atom. The molecule has 1 nitrogen and oxygen atoms in total. The van der Waals surface area contributed by atoms with Gasteiger partial charge in [-0.25, -0.2) is 0 Å². The molecule has 0 amide bonds. The molecule has 0 saturated carbocycles.